The van der Waals surface area contributed by atoms with Crippen LogP contribution in [-0.4, -0.2) is 59.2 Å². The van der Waals surface area contributed by atoms with Crippen molar-refractivity contribution in [3.05, 3.63) is 23.3 Å². The fraction of sp³-hybridized carbons (Fsp3) is 0.562. The van der Waals surface area contributed by atoms with Crippen molar-refractivity contribution in [1.29, 1.82) is 0 Å². The van der Waals surface area contributed by atoms with E-state index in [9.17, 15) is 9.00 Å². The molecule has 1 heterocycles. The monoisotopic (exact) mass is 357 g/mol. The maximum Gasteiger partial charge on any atom is 0.145 e. The van der Waals surface area contributed by atoms with Crippen LogP contribution in [-0.2, 0) is 20.5 Å². The SMILES string of the molecule is COc1cc(C)c(S(=O)N2CCSCC2COCC=O)c(C)c1. The van der Waals surface area contributed by atoms with E-state index in [1.807, 2.05) is 42.0 Å². The second-order valence-electron chi connectivity index (χ2n) is 5.41. The fourth-order valence-electron chi connectivity index (χ4n) is 2.66. The van der Waals surface area contributed by atoms with Gasteiger partial charge in [-0.25, -0.2) is 8.51 Å². The van der Waals surface area contributed by atoms with Gasteiger partial charge < -0.3 is 14.3 Å². The summed E-state index contributed by atoms with van der Waals surface area (Å²) in [6.07, 6.45) is 0.745. The predicted octanol–water partition coefficient (Wildman–Crippen LogP) is 1.97. The minimum absolute atomic E-state index is 0.0513. The lowest BCUT2D eigenvalue weighted by atomic mass is 10.1. The molecule has 2 unspecified atom stereocenters. The third-order valence-corrected chi connectivity index (χ3v) is 6.72. The molecule has 0 saturated carbocycles. The molecule has 128 valence electrons. The average molecular weight is 357 g/mol. The summed E-state index contributed by atoms with van der Waals surface area (Å²) in [6.45, 7) is 5.17. The molecule has 2 atom stereocenters. The third-order valence-electron chi connectivity index (χ3n) is 3.73. The van der Waals surface area contributed by atoms with Gasteiger partial charge in [0.2, 0.25) is 0 Å². The Morgan fingerprint density at radius 3 is 2.70 bits per heavy atom. The minimum atomic E-state index is -1.24. The van der Waals surface area contributed by atoms with Crippen molar-refractivity contribution >= 4 is 29.0 Å². The van der Waals surface area contributed by atoms with Gasteiger partial charge in [-0.1, -0.05) is 0 Å². The highest BCUT2D eigenvalue weighted by Crippen LogP contribution is 2.29. The van der Waals surface area contributed by atoms with Crippen LogP contribution < -0.4 is 4.74 Å². The van der Waals surface area contributed by atoms with Crippen LogP contribution in [0.15, 0.2) is 17.0 Å². The van der Waals surface area contributed by atoms with E-state index in [2.05, 4.69) is 0 Å². The quantitative estimate of drug-likeness (QED) is 0.552. The summed E-state index contributed by atoms with van der Waals surface area (Å²) in [4.78, 5) is 11.3. The molecule has 0 bridgehead atoms. The molecule has 0 amide bonds. The standard InChI is InChI=1S/C16H23NO4S2/c1-12-8-15(20-3)9-13(2)16(12)23(19)17-4-7-22-11-14(17)10-21-6-5-18/h5,8-9,14H,4,6-7,10-11H2,1-3H3. The van der Waals surface area contributed by atoms with Crippen LogP contribution in [0.2, 0.25) is 0 Å². The van der Waals surface area contributed by atoms with E-state index >= 15 is 0 Å². The number of rotatable bonds is 7. The number of carbonyl (C=O) groups excluding carboxylic acids is 1. The van der Waals surface area contributed by atoms with E-state index in [0.717, 1.165) is 46.1 Å². The molecule has 0 aromatic heterocycles. The molecule has 7 heteroatoms. The Hall–Kier alpha value is -0.890. The van der Waals surface area contributed by atoms with Gasteiger partial charge in [-0.05, 0) is 37.1 Å². The van der Waals surface area contributed by atoms with E-state index in [4.69, 9.17) is 9.47 Å². The number of methoxy groups -OCH3 is 1. The highest BCUT2D eigenvalue weighted by Gasteiger charge is 2.30. The summed E-state index contributed by atoms with van der Waals surface area (Å²) in [6, 6.07) is 3.88. The zero-order chi connectivity index (χ0) is 16.8. The largest absolute Gasteiger partial charge is 0.497 e. The smallest absolute Gasteiger partial charge is 0.145 e. The zero-order valence-corrected chi connectivity index (χ0v) is 15.4. The van der Waals surface area contributed by atoms with Gasteiger partial charge >= 0.3 is 0 Å². The predicted molar refractivity (Wildman–Crippen MR) is 93.6 cm³/mol. The Morgan fingerprint density at radius 1 is 1.39 bits per heavy atom. The van der Waals surface area contributed by atoms with E-state index in [1.54, 1.807) is 7.11 Å². The number of carbonyl (C=O) groups is 1. The van der Waals surface area contributed by atoms with Crippen molar-refractivity contribution in [2.45, 2.75) is 24.8 Å². The average Bonchev–Trinajstić information content (AvgIpc) is 2.54. The van der Waals surface area contributed by atoms with Crippen LogP contribution >= 0.6 is 11.8 Å². The number of nitrogens with zero attached hydrogens (tertiary/aromatic N) is 1. The summed E-state index contributed by atoms with van der Waals surface area (Å²) in [5, 5.41) is 0. The Morgan fingerprint density at radius 2 is 2.09 bits per heavy atom. The van der Waals surface area contributed by atoms with Crippen LogP contribution in [0, 0.1) is 13.8 Å². The van der Waals surface area contributed by atoms with E-state index in [1.165, 1.54) is 0 Å². The van der Waals surface area contributed by atoms with Gasteiger partial charge in [0.05, 0.1) is 24.7 Å². The molecule has 0 spiro atoms. The maximum absolute atomic E-state index is 13.1. The van der Waals surface area contributed by atoms with Crippen LogP contribution in [0.4, 0.5) is 0 Å². The van der Waals surface area contributed by atoms with Crippen LogP contribution in [0.1, 0.15) is 11.1 Å². The van der Waals surface area contributed by atoms with Gasteiger partial charge in [-0.15, -0.1) is 0 Å². The van der Waals surface area contributed by atoms with Crippen molar-refractivity contribution in [1.82, 2.24) is 4.31 Å². The molecule has 0 aliphatic carbocycles. The van der Waals surface area contributed by atoms with Crippen molar-refractivity contribution in [3.63, 3.8) is 0 Å². The molecule has 2 rings (SSSR count). The molecule has 1 aromatic carbocycles. The van der Waals surface area contributed by atoms with E-state index in [0.29, 0.717) is 6.61 Å². The van der Waals surface area contributed by atoms with Crippen molar-refractivity contribution in [2.75, 3.05) is 38.4 Å². The van der Waals surface area contributed by atoms with Gasteiger partial charge in [-0.2, -0.15) is 11.8 Å². The van der Waals surface area contributed by atoms with Crippen molar-refractivity contribution in [2.24, 2.45) is 0 Å². The molecular formula is C16H23NO4S2. The lowest BCUT2D eigenvalue weighted by molar-refractivity contribution is -0.112. The molecule has 1 saturated heterocycles. The van der Waals surface area contributed by atoms with Gasteiger partial charge in [0, 0.05) is 18.1 Å². The first-order chi connectivity index (χ1) is 11.1. The number of aryl methyl sites for hydroxylation is 2. The molecule has 1 aliphatic heterocycles. The van der Waals surface area contributed by atoms with Crippen LogP contribution in [0.25, 0.3) is 0 Å². The topological polar surface area (TPSA) is 55.8 Å². The lowest BCUT2D eigenvalue weighted by Crippen LogP contribution is -2.46. The normalized spacial score (nSPS) is 20.2. The number of hydrogen-bond donors (Lipinski definition) is 0. The Balaban J connectivity index is 2.21. The van der Waals surface area contributed by atoms with Gasteiger partial charge in [-0.3, -0.25) is 0 Å². The second kappa shape index (κ2) is 8.82. The molecule has 1 fully saturated rings. The highest BCUT2D eigenvalue weighted by molar-refractivity contribution is 7.99. The first-order valence-corrected chi connectivity index (χ1v) is 9.77. The molecule has 0 N–H and O–H groups in total. The summed E-state index contributed by atoms with van der Waals surface area (Å²) >= 11 is 1.83. The molecule has 5 nitrogen and oxygen atoms in total. The number of aldehydes is 1. The lowest BCUT2D eigenvalue weighted by Gasteiger charge is -2.34. The first-order valence-electron chi connectivity index (χ1n) is 7.51. The number of ether oxygens (including phenoxy) is 2. The number of benzene rings is 1. The molecule has 1 aromatic rings. The van der Waals surface area contributed by atoms with Crippen molar-refractivity contribution in [3.8, 4) is 5.75 Å². The van der Waals surface area contributed by atoms with E-state index < -0.39 is 11.0 Å². The van der Waals surface area contributed by atoms with Gasteiger partial charge in [0.1, 0.15) is 29.6 Å². The zero-order valence-electron chi connectivity index (χ0n) is 13.7. The number of thioether (sulfide) groups is 1. The minimum Gasteiger partial charge on any atom is -0.497 e. The summed E-state index contributed by atoms with van der Waals surface area (Å²) in [5.74, 6) is 2.59. The van der Waals surface area contributed by atoms with Crippen LogP contribution in [0.5, 0.6) is 5.75 Å². The summed E-state index contributed by atoms with van der Waals surface area (Å²) in [7, 11) is 0.389. The Kier molecular flexibility index (Phi) is 7.08. The molecule has 1 aliphatic rings. The van der Waals surface area contributed by atoms with Crippen LogP contribution in [0.3, 0.4) is 0 Å². The molecule has 23 heavy (non-hydrogen) atoms. The maximum atomic E-state index is 13.1. The summed E-state index contributed by atoms with van der Waals surface area (Å²) in [5.41, 5.74) is 1.93. The van der Waals surface area contributed by atoms with Gasteiger partial charge in [0.25, 0.3) is 0 Å². The second-order valence-corrected chi connectivity index (χ2v) is 7.94. The first kappa shape index (κ1) is 18.4. The molecular weight excluding hydrogens is 334 g/mol. The van der Waals surface area contributed by atoms with Gasteiger partial charge in [0.15, 0.2) is 0 Å². The van der Waals surface area contributed by atoms with Crippen molar-refractivity contribution < 1.29 is 18.5 Å². The Labute approximate surface area is 144 Å². The molecule has 0 radical (unpaired) electrons. The summed E-state index contributed by atoms with van der Waals surface area (Å²) < 4.78 is 25.8. The fourth-order valence-corrected chi connectivity index (χ4v) is 5.48. The Bertz CT molecular complexity index is 556. The number of hydrogen-bond acceptors (Lipinski definition) is 5. The highest BCUT2D eigenvalue weighted by atomic mass is 32.2. The third kappa shape index (κ3) is 4.56. The van der Waals surface area contributed by atoms with E-state index in [-0.39, 0.29) is 12.6 Å².